The first-order valence-electron chi connectivity index (χ1n) is 10.9. The van der Waals surface area contributed by atoms with Crippen molar-refractivity contribution in [2.75, 3.05) is 38.6 Å². The zero-order valence-corrected chi connectivity index (χ0v) is 21.1. The number of hydrogen-bond acceptors (Lipinski definition) is 7. The van der Waals surface area contributed by atoms with Crippen LogP contribution in [0.2, 0.25) is 5.02 Å². The third-order valence-electron chi connectivity index (χ3n) is 5.00. The average molecular weight is 522 g/mol. The molecule has 190 valence electrons. The predicted octanol–water partition coefficient (Wildman–Crippen LogP) is 4.93. The molecule has 10 heteroatoms. The van der Waals surface area contributed by atoms with Gasteiger partial charge in [-0.15, -0.1) is 0 Å². The van der Waals surface area contributed by atoms with E-state index in [0.717, 1.165) is 0 Å². The van der Waals surface area contributed by atoms with Gasteiger partial charge in [-0.05, 0) is 60.2 Å². The molecule has 37 heavy (non-hydrogen) atoms. The molecule has 3 rings (SSSR count). The maximum Gasteiger partial charge on any atom is 0.266 e. The summed E-state index contributed by atoms with van der Waals surface area (Å²) in [5.74, 6) is 0.460. The average Bonchev–Trinajstić information content (AvgIpc) is 2.91. The molecule has 2 N–H and O–H groups in total. The van der Waals surface area contributed by atoms with Crippen LogP contribution in [0.5, 0.6) is 23.0 Å². The Morgan fingerprint density at radius 1 is 0.946 bits per heavy atom. The van der Waals surface area contributed by atoms with Crippen molar-refractivity contribution in [3.8, 4) is 29.1 Å². The molecule has 0 heterocycles. The number of nitrogens with zero attached hydrogens (tertiary/aromatic N) is 1. The minimum atomic E-state index is -0.601. The van der Waals surface area contributed by atoms with Crippen LogP contribution < -0.4 is 29.6 Å². The number of amides is 2. The van der Waals surface area contributed by atoms with Crippen molar-refractivity contribution in [1.29, 1.82) is 5.26 Å². The lowest BCUT2D eigenvalue weighted by Crippen LogP contribution is -2.20. The lowest BCUT2D eigenvalue weighted by Gasteiger charge is -2.14. The smallest absolute Gasteiger partial charge is 0.266 e. The molecule has 2 amide bonds. The van der Waals surface area contributed by atoms with Gasteiger partial charge >= 0.3 is 0 Å². The highest BCUT2D eigenvalue weighted by molar-refractivity contribution is 6.32. The van der Waals surface area contributed by atoms with Gasteiger partial charge < -0.3 is 29.6 Å². The molecule has 0 radical (unpaired) electrons. The standard InChI is InChI=1S/C27H24ClN3O6/c1-34-20-10-8-19(9-11-20)30-27(33)18(15-29)12-17-13-21(28)26(24(14-17)36-3)37-16-25(32)31-22-6-4-5-7-23(22)35-2/h4-14H,16H2,1-3H3,(H,30,33)(H,31,32)/b18-12-. The molecule has 0 aromatic heterocycles. The van der Waals surface area contributed by atoms with Crippen LogP contribution in [0.4, 0.5) is 11.4 Å². The highest BCUT2D eigenvalue weighted by Crippen LogP contribution is 2.37. The molecule has 0 atom stereocenters. The normalized spacial score (nSPS) is 10.6. The van der Waals surface area contributed by atoms with Crippen molar-refractivity contribution in [1.82, 2.24) is 0 Å². The monoisotopic (exact) mass is 521 g/mol. The van der Waals surface area contributed by atoms with Gasteiger partial charge in [0.1, 0.15) is 23.1 Å². The number of methoxy groups -OCH3 is 3. The molecule has 0 aliphatic carbocycles. The predicted molar refractivity (Wildman–Crippen MR) is 140 cm³/mol. The molecule has 3 aromatic carbocycles. The van der Waals surface area contributed by atoms with Crippen LogP contribution in [0.1, 0.15) is 5.56 Å². The second-order valence-electron chi connectivity index (χ2n) is 7.42. The minimum absolute atomic E-state index is 0.128. The van der Waals surface area contributed by atoms with Gasteiger partial charge in [0, 0.05) is 5.69 Å². The maximum absolute atomic E-state index is 12.6. The van der Waals surface area contributed by atoms with Crippen molar-refractivity contribution in [3.05, 3.63) is 76.8 Å². The van der Waals surface area contributed by atoms with Gasteiger partial charge in [-0.1, -0.05) is 23.7 Å². The number of benzene rings is 3. The van der Waals surface area contributed by atoms with Gasteiger partial charge in [-0.2, -0.15) is 5.26 Å². The number of nitriles is 1. The fraction of sp³-hybridized carbons (Fsp3) is 0.148. The third-order valence-corrected chi connectivity index (χ3v) is 5.29. The Bertz CT molecular complexity index is 1350. The van der Waals surface area contributed by atoms with Gasteiger partial charge in [-0.25, -0.2) is 0 Å². The quantitative estimate of drug-likeness (QED) is 0.287. The summed E-state index contributed by atoms with van der Waals surface area (Å²) in [5, 5.41) is 15.0. The van der Waals surface area contributed by atoms with Gasteiger partial charge in [0.25, 0.3) is 11.8 Å². The first-order valence-corrected chi connectivity index (χ1v) is 11.3. The highest BCUT2D eigenvalue weighted by atomic mass is 35.5. The molecular weight excluding hydrogens is 498 g/mol. The van der Waals surface area contributed by atoms with Crippen LogP contribution in [-0.4, -0.2) is 39.8 Å². The molecule has 0 saturated carbocycles. The number of ether oxygens (including phenoxy) is 4. The highest BCUT2D eigenvalue weighted by Gasteiger charge is 2.16. The van der Waals surface area contributed by atoms with Crippen molar-refractivity contribution in [3.63, 3.8) is 0 Å². The minimum Gasteiger partial charge on any atom is -0.497 e. The Morgan fingerprint density at radius 3 is 2.30 bits per heavy atom. The van der Waals surface area contributed by atoms with Crippen LogP contribution in [0.25, 0.3) is 6.08 Å². The SMILES string of the molecule is COc1ccc(NC(=O)/C(C#N)=C\c2cc(Cl)c(OCC(=O)Nc3ccccc3OC)c(OC)c2)cc1. The van der Waals surface area contributed by atoms with Gasteiger partial charge in [0.15, 0.2) is 18.1 Å². The van der Waals surface area contributed by atoms with Crippen LogP contribution in [-0.2, 0) is 9.59 Å². The van der Waals surface area contributed by atoms with E-state index in [1.165, 1.54) is 39.5 Å². The second kappa shape index (κ2) is 12.9. The van der Waals surface area contributed by atoms with Crippen LogP contribution in [0, 0.1) is 11.3 Å². The Balaban J connectivity index is 1.73. The molecule has 0 unspecified atom stereocenters. The van der Waals surface area contributed by atoms with Crippen molar-refractivity contribution >= 4 is 40.9 Å². The second-order valence-corrected chi connectivity index (χ2v) is 7.83. The van der Waals surface area contributed by atoms with Gasteiger partial charge in [0.05, 0.1) is 32.0 Å². The van der Waals surface area contributed by atoms with E-state index in [9.17, 15) is 14.9 Å². The Kier molecular flexibility index (Phi) is 9.35. The lowest BCUT2D eigenvalue weighted by molar-refractivity contribution is -0.118. The van der Waals surface area contributed by atoms with E-state index in [1.807, 2.05) is 6.07 Å². The lowest BCUT2D eigenvalue weighted by atomic mass is 10.1. The summed E-state index contributed by atoms with van der Waals surface area (Å²) in [5.41, 5.74) is 1.26. The Hall–Kier alpha value is -4.68. The van der Waals surface area contributed by atoms with Gasteiger partial charge in [0.2, 0.25) is 0 Å². The number of carbonyl (C=O) groups is 2. The van der Waals surface area contributed by atoms with E-state index in [2.05, 4.69) is 10.6 Å². The van der Waals surface area contributed by atoms with Crippen molar-refractivity contribution in [2.24, 2.45) is 0 Å². The van der Waals surface area contributed by atoms with E-state index in [4.69, 9.17) is 30.5 Å². The number of hydrogen-bond donors (Lipinski definition) is 2. The summed E-state index contributed by atoms with van der Waals surface area (Å²) in [6, 6.07) is 18.6. The van der Waals surface area contributed by atoms with E-state index in [0.29, 0.717) is 28.4 Å². The summed E-state index contributed by atoms with van der Waals surface area (Å²) in [6.07, 6.45) is 1.37. The maximum atomic E-state index is 12.6. The molecule has 0 aliphatic rings. The van der Waals surface area contributed by atoms with E-state index < -0.39 is 11.8 Å². The third kappa shape index (κ3) is 7.16. The largest absolute Gasteiger partial charge is 0.497 e. The van der Waals surface area contributed by atoms with Gasteiger partial charge in [-0.3, -0.25) is 9.59 Å². The fourth-order valence-corrected chi connectivity index (χ4v) is 3.50. The molecule has 3 aromatic rings. The molecular formula is C27H24ClN3O6. The number of para-hydroxylation sites is 2. The zero-order valence-electron chi connectivity index (χ0n) is 20.3. The van der Waals surface area contributed by atoms with Crippen molar-refractivity contribution < 1.29 is 28.5 Å². The number of rotatable bonds is 10. The molecule has 0 aliphatic heterocycles. The molecule has 0 bridgehead atoms. The summed E-state index contributed by atoms with van der Waals surface area (Å²) in [7, 11) is 4.45. The summed E-state index contributed by atoms with van der Waals surface area (Å²) in [6.45, 7) is -0.350. The Morgan fingerprint density at radius 2 is 1.65 bits per heavy atom. The summed E-state index contributed by atoms with van der Waals surface area (Å²) < 4.78 is 21.3. The molecule has 0 spiro atoms. The number of carbonyl (C=O) groups excluding carboxylic acids is 2. The van der Waals surface area contributed by atoms with Crippen LogP contribution in [0.3, 0.4) is 0 Å². The van der Waals surface area contributed by atoms with Crippen LogP contribution in [0.15, 0.2) is 66.2 Å². The topological polar surface area (TPSA) is 119 Å². The summed E-state index contributed by atoms with van der Waals surface area (Å²) >= 11 is 6.39. The Labute approximate surface area is 219 Å². The first kappa shape index (κ1) is 26.9. The zero-order chi connectivity index (χ0) is 26.8. The molecule has 0 fully saturated rings. The van der Waals surface area contributed by atoms with E-state index in [-0.39, 0.29) is 28.7 Å². The number of anilines is 2. The number of nitrogens with one attached hydrogen (secondary N) is 2. The van der Waals surface area contributed by atoms with Crippen molar-refractivity contribution in [2.45, 2.75) is 0 Å². The fourth-order valence-electron chi connectivity index (χ4n) is 3.22. The van der Waals surface area contributed by atoms with Crippen LogP contribution >= 0.6 is 11.6 Å². The summed E-state index contributed by atoms with van der Waals surface area (Å²) in [4.78, 5) is 25.0. The van der Waals surface area contributed by atoms with E-state index >= 15 is 0 Å². The van der Waals surface area contributed by atoms with E-state index in [1.54, 1.807) is 48.5 Å². The number of halogens is 1. The molecule has 9 nitrogen and oxygen atoms in total. The molecule has 0 saturated heterocycles. The first-order chi connectivity index (χ1) is 17.9.